The first-order chi connectivity index (χ1) is 7.63. The number of halogens is 1. The largest absolute Gasteiger partial charge is 0.392 e. The van der Waals surface area contributed by atoms with E-state index >= 15 is 0 Å². The number of rotatable bonds is 6. The summed E-state index contributed by atoms with van der Waals surface area (Å²) in [5.74, 6) is 0.474. The SMILES string of the molecule is CCCCC(C)CC(F)C1CNCC(O)C1. The molecule has 1 rings (SSSR count). The van der Waals surface area contributed by atoms with Gasteiger partial charge in [-0.15, -0.1) is 0 Å². The maximum atomic E-state index is 14.0. The molecule has 0 saturated carbocycles. The molecule has 0 aromatic rings. The monoisotopic (exact) mass is 231 g/mol. The van der Waals surface area contributed by atoms with Crippen LogP contribution in [0.2, 0.25) is 0 Å². The highest BCUT2D eigenvalue weighted by Crippen LogP contribution is 2.25. The normalized spacial score (nSPS) is 30.0. The summed E-state index contributed by atoms with van der Waals surface area (Å²) in [7, 11) is 0. The van der Waals surface area contributed by atoms with Crippen molar-refractivity contribution in [3.63, 3.8) is 0 Å². The van der Waals surface area contributed by atoms with Crippen LogP contribution >= 0.6 is 0 Å². The van der Waals surface area contributed by atoms with Gasteiger partial charge in [0.25, 0.3) is 0 Å². The molecule has 0 aromatic carbocycles. The van der Waals surface area contributed by atoms with Crippen LogP contribution in [0.5, 0.6) is 0 Å². The first kappa shape index (κ1) is 13.9. The van der Waals surface area contributed by atoms with Crippen LogP contribution in [0, 0.1) is 11.8 Å². The van der Waals surface area contributed by atoms with Gasteiger partial charge in [0.1, 0.15) is 6.17 Å². The number of unbranched alkanes of at least 4 members (excludes halogenated alkanes) is 1. The standard InChI is InChI=1S/C13H26FNO/c1-3-4-5-10(2)6-13(14)11-7-12(16)9-15-8-11/h10-13,15-16H,3-9H2,1-2H3. The Kier molecular flexibility index (Phi) is 6.29. The van der Waals surface area contributed by atoms with Gasteiger partial charge in [0.05, 0.1) is 6.10 Å². The molecule has 0 aliphatic carbocycles. The first-order valence-corrected chi connectivity index (χ1v) is 6.66. The number of hydrogen-bond acceptors (Lipinski definition) is 2. The summed E-state index contributed by atoms with van der Waals surface area (Å²) in [5.41, 5.74) is 0. The summed E-state index contributed by atoms with van der Waals surface area (Å²) >= 11 is 0. The number of hydrogen-bond donors (Lipinski definition) is 2. The van der Waals surface area contributed by atoms with E-state index in [0.29, 0.717) is 25.3 Å². The Bertz CT molecular complexity index is 189. The number of aliphatic hydroxyl groups excluding tert-OH is 1. The fourth-order valence-electron chi connectivity index (χ4n) is 2.47. The summed E-state index contributed by atoms with van der Waals surface area (Å²) in [6.07, 6.45) is 3.66. The molecular weight excluding hydrogens is 205 g/mol. The van der Waals surface area contributed by atoms with Crippen molar-refractivity contribution in [3.8, 4) is 0 Å². The Morgan fingerprint density at radius 1 is 1.44 bits per heavy atom. The zero-order valence-corrected chi connectivity index (χ0v) is 10.6. The van der Waals surface area contributed by atoms with Gasteiger partial charge < -0.3 is 10.4 Å². The number of piperidine rings is 1. The van der Waals surface area contributed by atoms with Gasteiger partial charge in [-0.05, 0) is 18.8 Å². The van der Waals surface area contributed by atoms with Crippen LogP contribution in [-0.4, -0.2) is 30.5 Å². The van der Waals surface area contributed by atoms with Gasteiger partial charge in [0.15, 0.2) is 0 Å². The van der Waals surface area contributed by atoms with Crippen molar-refractivity contribution in [1.82, 2.24) is 5.32 Å². The van der Waals surface area contributed by atoms with Crippen molar-refractivity contribution >= 4 is 0 Å². The van der Waals surface area contributed by atoms with Crippen molar-refractivity contribution < 1.29 is 9.50 Å². The molecule has 2 nitrogen and oxygen atoms in total. The number of alkyl halides is 1. The summed E-state index contributed by atoms with van der Waals surface area (Å²) in [4.78, 5) is 0. The van der Waals surface area contributed by atoms with Crippen LogP contribution in [0.15, 0.2) is 0 Å². The van der Waals surface area contributed by atoms with Crippen LogP contribution in [0.3, 0.4) is 0 Å². The minimum Gasteiger partial charge on any atom is -0.392 e. The third-order valence-corrected chi connectivity index (χ3v) is 3.55. The Morgan fingerprint density at radius 2 is 2.19 bits per heavy atom. The Labute approximate surface area is 98.6 Å². The second-order valence-electron chi connectivity index (χ2n) is 5.31. The Hall–Kier alpha value is -0.150. The topological polar surface area (TPSA) is 32.3 Å². The zero-order chi connectivity index (χ0) is 12.0. The first-order valence-electron chi connectivity index (χ1n) is 6.66. The van der Waals surface area contributed by atoms with Crippen molar-refractivity contribution in [3.05, 3.63) is 0 Å². The highest BCUT2D eigenvalue weighted by atomic mass is 19.1. The van der Waals surface area contributed by atoms with E-state index in [-0.39, 0.29) is 12.0 Å². The molecule has 0 amide bonds. The smallest absolute Gasteiger partial charge is 0.104 e. The number of β-amino-alcohol motifs (C(OH)–C–C–N with tert-alkyl or cyclic N) is 1. The molecule has 0 bridgehead atoms. The average molecular weight is 231 g/mol. The molecule has 1 aliphatic heterocycles. The summed E-state index contributed by atoms with van der Waals surface area (Å²) in [6, 6.07) is 0. The quantitative estimate of drug-likeness (QED) is 0.736. The molecule has 0 radical (unpaired) electrons. The molecule has 2 N–H and O–H groups in total. The van der Waals surface area contributed by atoms with E-state index in [4.69, 9.17) is 0 Å². The van der Waals surface area contributed by atoms with E-state index in [1.54, 1.807) is 0 Å². The Morgan fingerprint density at radius 3 is 2.81 bits per heavy atom. The van der Waals surface area contributed by atoms with E-state index in [9.17, 15) is 9.50 Å². The molecule has 1 saturated heterocycles. The van der Waals surface area contributed by atoms with E-state index in [0.717, 1.165) is 13.0 Å². The van der Waals surface area contributed by atoms with Gasteiger partial charge in [-0.2, -0.15) is 0 Å². The fourth-order valence-corrected chi connectivity index (χ4v) is 2.47. The lowest BCUT2D eigenvalue weighted by Crippen LogP contribution is -2.43. The molecule has 4 atom stereocenters. The van der Waals surface area contributed by atoms with Gasteiger partial charge in [-0.3, -0.25) is 0 Å². The molecule has 1 fully saturated rings. The Balaban J connectivity index is 2.24. The van der Waals surface area contributed by atoms with Gasteiger partial charge in [0, 0.05) is 19.0 Å². The molecule has 0 spiro atoms. The summed E-state index contributed by atoms with van der Waals surface area (Å²) < 4.78 is 14.0. The number of nitrogens with one attached hydrogen (secondary N) is 1. The second kappa shape index (κ2) is 7.23. The summed E-state index contributed by atoms with van der Waals surface area (Å²) in [6.45, 7) is 5.64. The maximum absolute atomic E-state index is 14.0. The van der Waals surface area contributed by atoms with E-state index in [2.05, 4.69) is 19.2 Å². The minimum absolute atomic E-state index is 0.00725. The lowest BCUT2D eigenvalue weighted by molar-refractivity contribution is 0.0706. The van der Waals surface area contributed by atoms with Crippen LogP contribution < -0.4 is 5.32 Å². The van der Waals surface area contributed by atoms with Crippen LogP contribution in [0.4, 0.5) is 4.39 Å². The zero-order valence-electron chi connectivity index (χ0n) is 10.6. The van der Waals surface area contributed by atoms with Crippen LogP contribution in [0.1, 0.15) is 46.0 Å². The maximum Gasteiger partial charge on any atom is 0.104 e. The summed E-state index contributed by atoms with van der Waals surface area (Å²) in [5, 5.41) is 12.6. The molecule has 0 aromatic heterocycles. The van der Waals surface area contributed by atoms with Gasteiger partial charge in [0.2, 0.25) is 0 Å². The molecule has 4 unspecified atom stereocenters. The van der Waals surface area contributed by atoms with Gasteiger partial charge >= 0.3 is 0 Å². The average Bonchev–Trinajstić information content (AvgIpc) is 2.26. The van der Waals surface area contributed by atoms with Crippen molar-refractivity contribution in [2.45, 2.75) is 58.2 Å². The highest BCUT2D eigenvalue weighted by Gasteiger charge is 2.28. The molecule has 16 heavy (non-hydrogen) atoms. The predicted molar refractivity (Wildman–Crippen MR) is 65.2 cm³/mol. The minimum atomic E-state index is -0.755. The van der Waals surface area contributed by atoms with Crippen molar-refractivity contribution in [2.24, 2.45) is 11.8 Å². The van der Waals surface area contributed by atoms with Gasteiger partial charge in [-0.25, -0.2) is 4.39 Å². The predicted octanol–water partition coefficient (Wildman–Crippen LogP) is 2.51. The molecular formula is C13H26FNO. The van der Waals surface area contributed by atoms with Crippen molar-refractivity contribution in [2.75, 3.05) is 13.1 Å². The lowest BCUT2D eigenvalue weighted by Gasteiger charge is -2.30. The van der Waals surface area contributed by atoms with Crippen molar-refractivity contribution in [1.29, 1.82) is 0 Å². The van der Waals surface area contributed by atoms with E-state index in [1.165, 1.54) is 12.8 Å². The molecule has 96 valence electrons. The van der Waals surface area contributed by atoms with Crippen LogP contribution in [0.25, 0.3) is 0 Å². The lowest BCUT2D eigenvalue weighted by atomic mass is 9.87. The van der Waals surface area contributed by atoms with E-state index < -0.39 is 6.17 Å². The number of aliphatic hydroxyl groups is 1. The highest BCUT2D eigenvalue weighted by molar-refractivity contribution is 4.81. The molecule has 1 aliphatic rings. The fraction of sp³-hybridized carbons (Fsp3) is 1.00. The molecule has 3 heteroatoms. The van der Waals surface area contributed by atoms with Crippen LogP contribution in [-0.2, 0) is 0 Å². The third kappa shape index (κ3) is 4.79. The third-order valence-electron chi connectivity index (χ3n) is 3.55. The molecule has 1 heterocycles. The van der Waals surface area contributed by atoms with E-state index in [1.807, 2.05) is 0 Å². The second-order valence-corrected chi connectivity index (χ2v) is 5.31. The van der Waals surface area contributed by atoms with Gasteiger partial charge in [-0.1, -0.05) is 33.1 Å².